The molecule has 5 aromatic carbocycles. The molecule has 0 saturated heterocycles. The van der Waals surface area contributed by atoms with Crippen molar-refractivity contribution in [2.45, 2.75) is 13.5 Å². The summed E-state index contributed by atoms with van der Waals surface area (Å²) in [6.07, 6.45) is 1.60. The van der Waals surface area contributed by atoms with Crippen molar-refractivity contribution in [3.05, 3.63) is 135 Å². The van der Waals surface area contributed by atoms with Crippen molar-refractivity contribution in [3.63, 3.8) is 0 Å². The first kappa shape index (κ1) is 27.6. The van der Waals surface area contributed by atoms with E-state index in [0.29, 0.717) is 58.3 Å². The molecule has 7 nitrogen and oxygen atoms in total. The zero-order valence-electron chi connectivity index (χ0n) is 23.7. The quantitative estimate of drug-likeness (QED) is 0.155. The molecule has 0 unspecified atom stereocenters. The summed E-state index contributed by atoms with van der Waals surface area (Å²) in [5, 5.41) is 8.29. The smallest absolute Gasteiger partial charge is 0.282 e. The number of halogens is 1. The predicted octanol–water partition coefficient (Wildman–Crippen LogP) is 8.59. The highest BCUT2D eigenvalue weighted by molar-refractivity contribution is 9.10. The average molecular weight is 645 g/mol. The van der Waals surface area contributed by atoms with Crippen LogP contribution in [0.4, 0.5) is 0 Å². The van der Waals surface area contributed by atoms with Crippen LogP contribution in [0.3, 0.4) is 0 Å². The van der Waals surface area contributed by atoms with Gasteiger partial charge in [0, 0.05) is 15.4 Å². The fourth-order valence-electron chi connectivity index (χ4n) is 5.21. The van der Waals surface area contributed by atoms with Crippen molar-refractivity contribution in [3.8, 4) is 23.1 Å². The number of hydrogen-bond acceptors (Lipinski definition) is 6. The lowest BCUT2D eigenvalue weighted by molar-refractivity contribution is 0.270. The average Bonchev–Trinajstić information content (AvgIpc) is 3.49. The molecule has 216 valence electrons. The van der Waals surface area contributed by atoms with E-state index >= 15 is 0 Å². The molecule has 0 spiro atoms. The number of rotatable bonds is 8. The van der Waals surface area contributed by atoms with Crippen LogP contribution in [0.25, 0.3) is 44.2 Å². The molecule has 7 aromatic rings. The minimum absolute atomic E-state index is 0.303. The van der Waals surface area contributed by atoms with Crippen LogP contribution in [0.15, 0.2) is 128 Å². The lowest BCUT2D eigenvalue weighted by Gasteiger charge is -2.15. The topological polar surface area (TPSA) is 78.9 Å². The van der Waals surface area contributed by atoms with Crippen LogP contribution in [0.5, 0.6) is 11.5 Å². The highest BCUT2D eigenvalue weighted by atomic mass is 79.9. The summed E-state index contributed by atoms with van der Waals surface area (Å²) in [4.78, 5) is 18.5. The van der Waals surface area contributed by atoms with Crippen molar-refractivity contribution in [1.29, 1.82) is 0 Å². The molecule has 0 bridgehead atoms. The summed E-state index contributed by atoms with van der Waals surface area (Å²) in [5.41, 5.74) is 2.73. The Hall–Kier alpha value is -5.21. The van der Waals surface area contributed by atoms with E-state index in [0.717, 1.165) is 26.2 Å². The second-order valence-electron chi connectivity index (χ2n) is 10.1. The van der Waals surface area contributed by atoms with Crippen molar-refractivity contribution >= 4 is 54.8 Å². The van der Waals surface area contributed by atoms with Gasteiger partial charge in [-0.25, -0.2) is 4.98 Å². The molecule has 0 radical (unpaired) electrons. The summed E-state index contributed by atoms with van der Waals surface area (Å²) in [6, 6.07) is 34.8. The molecule has 0 fully saturated rings. The molecular formula is C36H26BrN3O4. The van der Waals surface area contributed by atoms with Gasteiger partial charge in [-0.15, -0.1) is 0 Å². The minimum atomic E-state index is -0.307. The summed E-state index contributed by atoms with van der Waals surface area (Å²) in [5.74, 6) is 1.91. The maximum Gasteiger partial charge on any atom is 0.282 e. The van der Waals surface area contributed by atoms with Crippen LogP contribution in [0, 0.1) is 0 Å². The van der Waals surface area contributed by atoms with Gasteiger partial charge in [-0.3, -0.25) is 4.79 Å². The largest absolute Gasteiger partial charge is 0.490 e. The number of furan rings is 1. The van der Waals surface area contributed by atoms with E-state index in [1.165, 1.54) is 4.68 Å². The van der Waals surface area contributed by atoms with Crippen LogP contribution in [0.2, 0.25) is 0 Å². The molecule has 8 heteroatoms. The maximum absolute atomic E-state index is 13.7. The standard InChI is InChI=1S/C36H26BrN3O4/c1-2-42-32-19-26(29(37)20-33(32)43-22-25-13-9-12-23-10-3-5-14-27(23)25)21-38-40-35(34-18-24-11-4-8-17-31(24)44-34)39-30-16-7-6-15-28(30)36(40)41/h3-21H,2,22H2,1H3. The summed E-state index contributed by atoms with van der Waals surface area (Å²) in [7, 11) is 0. The molecule has 0 N–H and O–H groups in total. The van der Waals surface area contributed by atoms with E-state index in [2.05, 4.69) is 45.3 Å². The van der Waals surface area contributed by atoms with Crippen molar-refractivity contribution in [2.75, 3.05) is 6.61 Å². The first-order chi connectivity index (χ1) is 21.6. The fourth-order valence-corrected chi connectivity index (χ4v) is 5.63. The number of nitrogens with zero attached hydrogens (tertiary/aromatic N) is 3. The van der Waals surface area contributed by atoms with Crippen LogP contribution < -0.4 is 15.0 Å². The van der Waals surface area contributed by atoms with Crippen molar-refractivity contribution in [1.82, 2.24) is 9.66 Å². The third-order valence-corrected chi connectivity index (χ3v) is 8.02. The first-order valence-electron chi connectivity index (χ1n) is 14.2. The molecule has 2 aromatic heterocycles. The molecule has 44 heavy (non-hydrogen) atoms. The van der Waals surface area contributed by atoms with Crippen LogP contribution >= 0.6 is 15.9 Å². The Bertz CT molecular complexity index is 2220. The monoisotopic (exact) mass is 643 g/mol. The van der Waals surface area contributed by atoms with E-state index in [4.69, 9.17) is 18.9 Å². The highest BCUT2D eigenvalue weighted by Gasteiger charge is 2.17. The zero-order valence-corrected chi connectivity index (χ0v) is 25.3. The van der Waals surface area contributed by atoms with Gasteiger partial charge in [0.1, 0.15) is 12.2 Å². The molecule has 0 aliphatic carbocycles. The summed E-state index contributed by atoms with van der Waals surface area (Å²) >= 11 is 3.67. The number of fused-ring (bicyclic) bond motifs is 3. The second kappa shape index (κ2) is 11.8. The van der Waals surface area contributed by atoms with Crippen molar-refractivity contribution in [2.24, 2.45) is 5.10 Å². The van der Waals surface area contributed by atoms with Gasteiger partial charge in [0.05, 0.1) is 23.7 Å². The Morgan fingerprint density at radius 3 is 2.41 bits per heavy atom. The van der Waals surface area contributed by atoms with E-state index in [-0.39, 0.29) is 5.56 Å². The lowest BCUT2D eigenvalue weighted by atomic mass is 10.1. The van der Waals surface area contributed by atoms with Crippen LogP contribution in [0.1, 0.15) is 18.1 Å². The van der Waals surface area contributed by atoms with Gasteiger partial charge in [-0.05, 0) is 75.6 Å². The van der Waals surface area contributed by atoms with Crippen LogP contribution in [-0.2, 0) is 6.61 Å². The third-order valence-electron chi connectivity index (χ3n) is 7.34. The Kier molecular flexibility index (Phi) is 7.42. The molecular weight excluding hydrogens is 618 g/mol. The Morgan fingerprint density at radius 1 is 0.841 bits per heavy atom. The second-order valence-corrected chi connectivity index (χ2v) is 11.0. The van der Waals surface area contributed by atoms with Gasteiger partial charge in [0.25, 0.3) is 5.56 Å². The Morgan fingerprint density at radius 2 is 1.57 bits per heavy atom. The summed E-state index contributed by atoms with van der Waals surface area (Å²) in [6.45, 7) is 2.75. The molecule has 0 aliphatic rings. The molecule has 2 heterocycles. The highest BCUT2D eigenvalue weighted by Crippen LogP contribution is 2.35. The zero-order chi connectivity index (χ0) is 30.0. The summed E-state index contributed by atoms with van der Waals surface area (Å²) < 4.78 is 20.3. The lowest BCUT2D eigenvalue weighted by Crippen LogP contribution is -2.20. The van der Waals surface area contributed by atoms with E-state index in [1.807, 2.05) is 79.7 Å². The molecule has 7 rings (SSSR count). The van der Waals surface area contributed by atoms with Gasteiger partial charge in [-0.1, -0.05) is 72.8 Å². The van der Waals surface area contributed by atoms with Gasteiger partial charge in [0.15, 0.2) is 17.3 Å². The molecule has 0 saturated carbocycles. The van der Waals surface area contributed by atoms with Gasteiger partial charge < -0.3 is 13.9 Å². The van der Waals surface area contributed by atoms with Crippen LogP contribution in [-0.4, -0.2) is 22.5 Å². The van der Waals surface area contributed by atoms with E-state index < -0.39 is 0 Å². The SMILES string of the molecule is CCOc1cc(C=Nn2c(-c3cc4ccccc4o3)nc3ccccc3c2=O)c(Br)cc1OCc1cccc2ccccc12. The van der Waals surface area contributed by atoms with Gasteiger partial charge >= 0.3 is 0 Å². The van der Waals surface area contributed by atoms with Crippen molar-refractivity contribution < 1.29 is 13.9 Å². The number of ether oxygens (including phenoxy) is 2. The minimum Gasteiger partial charge on any atom is -0.490 e. The van der Waals surface area contributed by atoms with Gasteiger partial charge in [0.2, 0.25) is 5.82 Å². The number of hydrogen-bond donors (Lipinski definition) is 0. The van der Waals surface area contributed by atoms with E-state index in [1.54, 1.807) is 18.3 Å². The van der Waals surface area contributed by atoms with E-state index in [9.17, 15) is 4.79 Å². The third kappa shape index (κ3) is 5.24. The van der Waals surface area contributed by atoms with Gasteiger partial charge in [-0.2, -0.15) is 9.78 Å². The normalized spacial score (nSPS) is 11.6. The number of para-hydroxylation sites is 2. The molecule has 0 aliphatic heterocycles. The number of aromatic nitrogens is 2. The Balaban J connectivity index is 1.27. The molecule has 0 atom stereocenters. The maximum atomic E-state index is 13.7. The Labute approximate surface area is 261 Å². The number of benzene rings is 5. The predicted molar refractivity (Wildman–Crippen MR) is 178 cm³/mol. The fraction of sp³-hybridized carbons (Fsp3) is 0.0833. The first-order valence-corrected chi connectivity index (χ1v) is 15.0. The molecule has 0 amide bonds.